The van der Waals surface area contributed by atoms with Crippen LogP contribution in [0, 0.1) is 0 Å². The molecule has 0 bridgehead atoms. The molecule has 0 aliphatic carbocycles. The molecule has 3 nitrogen and oxygen atoms in total. The van der Waals surface area contributed by atoms with Crippen molar-refractivity contribution in [2.24, 2.45) is 0 Å². The van der Waals surface area contributed by atoms with E-state index in [-0.39, 0.29) is 6.10 Å². The minimum absolute atomic E-state index is 0.315. The van der Waals surface area contributed by atoms with E-state index in [1.807, 2.05) is 0 Å². The molecule has 134 valence electrons. The van der Waals surface area contributed by atoms with Crippen LogP contribution in [0.25, 0.3) is 0 Å². The molecule has 2 N–H and O–H groups in total. The van der Waals surface area contributed by atoms with Crippen LogP contribution in [0.5, 0.6) is 0 Å². The lowest BCUT2D eigenvalue weighted by atomic mass is 10.0. The van der Waals surface area contributed by atoms with Crippen LogP contribution >= 0.6 is 0 Å². The minimum Gasteiger partial charge on any atom is -0.391 e. The third-order valence-corrected chi connectivity index (χ3v) is 4.06. The number of hydrogen-bond acceptors (Lipinski definition) is 3. The summed E-state index contributed by atoms with van der Waals surface area (Å²) in [5.41, 5.74) is 0. The Morgan fingerprint density at radius 2 is 1.14 bits per heavy atom. The quantitative estimate of drug-likeness (QED) is 0.378. The van der Waals surface area contributed by atoms with Crippen molar-refractivity contribution in [1.82, 2.24) is 0 Å². The van der Waals surface area contributed by atoms with Crippen LogP contribution in [-0.4, -0.2) is 35.6 Å². The first-order chi connectivity index (χ1) is 10.7. The van der Waals surface area contributed by atoms with Crippen LogP contribution in [0.2, 0.25) is 0 Å². The van der Waals surface area contributed by atoms with Crippen molar-refractivity contribution in [2.75, 3.05) is 13.2 Å². The topological polar surface area (TPSA) is 49.7 Å². The minimum atomic E-state index is -0.446. The van der Waals surface area contributed by atoms with Crippen LogP contribution in [0.1, 0.15) is 97.3 Å². The summed E-state index contributed by atoms with van der Waals surface area (Å²) in [6.45, 7) is 4.62. The molecule has 0 saturated heterocycles. The molecule has 2 unspecified atom stereocenters. The lowest BCUT2D eigenvalue weighted by molar-refractivity contribution is -0.00504. The van der Waals surface area contributed by atoms with Crippen molar-refractivity contribution in [3.8, 4) is 0 Å². The zero-order valence-corrected chi connectivity index (χ0v) is 15.1. The van der Waals surface area contributed by atoms with Crippen molar-refractivity contribution in [3.63, 3.8) is 0 Å². The standard InChI is InChI=1S/C19H40O3/c1-3-4-5-6-7-8-9-10-11-12-13-14-15-19(21)17-22-16-18(2)20/h18-21H,3-17H2,1-2H3. The summed E-state index contributed by atoms with van der Waals surface area (Å²) in [6.07, 6.45) is 16.1. The van der Waals surface area contributed by atoms with E-state index in [0.717, 1.165) is 12.8 Å². The molecule has 0 amide bonds. The SMILES string of the molecule is CCCCCCCCCCCCCCC(O)COCC(C)O. The molecule has 0 rings (SSSR count). The molecule has 2 atom stereocenters. The highest BCUT2D eigenvalue weighted by atomic mass is 16.5. The fraction of sp³-hybridized carbons (Fsp3) is 1.00. The van der Waals surface area contributed by atoms with Gasteiger partial charge in [-0.15, -0.1) is 0 Å². The second kappa shape index (κ2) is 17.2. The highest BCUT2D eigenvalue weighted by Crippen LogP contribution is 2.13. The highest BCUT2D eigenvalue weighted by Gasteiger charge is 2.05. The molecule has 3 heteroatoms. The van der Waals surface area contributed by atoms with Crippen molar-refractivity contribution in [3.05, 3.63) is 0 Å². The maximum Gasteiger partial charge on any atom is 0.0773 e. The van der Waals surface area contributed by atoms with E-state index in [1.54, 1.807) is 6.92 Å². The first-order valence-corrected chi connectivity index (χ1v) is 9.60. The summed E-state index contributed by atoms with van der Waals surface area (Å²) < 4.78 is 5.21. The summed E-state index contributed by atoms with van der Waals surface area (Å²) in [5, 5.41) is 18.8. The molecule has 22 heavy (non-hydrogen) atoms. The van der Waals surface area contributed by atoms with Gasteiger partial charge in [0.2, 0.25) is 0 Å². The van der Waals surface area contributed by atoms with Gasteiger partial charge in [-0.1, -0.05) is 84.0 Å². The summed E-state index contributed by atoms with van der Waals surface area (Å²) in [5.74, 6) is 0. The smallest absolute Gasteiger partial charge is 0.0773 e. The summed E-state index contributed by atoms with van der Waals surface area (Å²) in [7, 11) is 0. The molecule has 0 saturated carbocycles. The number of hydrogen-bond donors (Lipinski definition) is 2. The van der Waals surface area contributed by atoms with Gasteiger partial charge >= 0.3 is 0 Å². The highest BCUT2D eigenvalue weighted by molar-refractivity contribution is 4.56. The van der Waals surface area contributed by atoms with Crippen molar-refractivity contribution < 1.29 is 14.9 Å². The first-order valence-electron chi connectivity index (χ1n) is 9.60. The molecule has 0 fully saturated rings. The van der Waals surface area contributed by atoms with Gasteiger partial charge in [0.05, 0.1) is 25.4 Å². The van der Waals surface area contributed by atoms with E-state index < -0.39 is 6.10 Å². The molecular weight excluding hydrogens is 276 g/mol. The predicted molar refractivity (Wildman–Crippen MR) is 94.2 cm³/mol. The fourth-order valence-electron chi connectivity index (χ4n) is 2.68. The summed E-state index contributed by atoms with van der Waals surface area (Å²) in [4.78, 5) is 0. The van der Waals surface area contributed by atoms with Gasteiger partial charge < -0.3 is 14.9 Å². The zero-order chi connectivity index (χ0) is 16.5. The Morgan fingerprint density at radius 3 is 1.59 bits per heavy atom. The number of aliphatic hydroxyl groups is 2. The van der Waals surface area contributed by atoms with Gasteiger partial charge in [0, 0.05) is 0 Å². The fourth-order valence-corrected chi connectivity index (χ4v) is 2.68. The van der Waals surface area contributed by atoms with Crippen molar-refractivity contribution in [1.29, 1.82) is 0 Å². The molecule has 0 aliphatic rings. The second-order valence-electron chi connectivity index (χ2n) is 6.72. The summed E-state index contributed by atoms with van der Waals surface area (Å²) in [6, 6.07) is 0. The molecule has 0 aromatic carbocycles. The van der Waals surface area contributed by atoms with Crippen molar-refractivity contribution >= 4 is 0 Å². The van der Waals surface area contributed by atoms with Crippen LogP contribution in [0.15, 0.2) is 0 Å². The molecule has 0 aromatic rings. The summed E-state index contributed by atoms with van der Waals surface area (Å²) >= 11 is 0. The lowest BCUT2D eigenvalue weighted by Crippen LogP contribution is -2.19. The molecular formula is C19H40O3. The first kappa shape index (κ1) is 21.9. The van der Waals surface area contributed by atoms with E-state index in [1.165, 1.54) is 70.6 Å². The van der Waals surface area contributed by atoms with E-state index in [9.17, 15) is 5.11 Å². The van der Waals surface area contributed by atoms with Gasteiger partial charge in [0.25, 0.3) is 0 Å². The van der Waals surface area contributed by atoms with Gasteiger partial charge in [0.1, 0.15) is 0 Å². The molecule has 0 heterocycles. The monoisotopic (exact) mass is 316 g/mol. The Morgan fingerprint density at radius 1 is 0.682 bits per heavy atom. The number of rotatable bonds is 17. The van der Waals surface area contributed by atoms with E-state index >= 15 is 0 Å². The van der Waals surface area contributed by atoms with E-state index in [4.69, 9.17) is 9.84 Å². The van der Waals surface area contributed by atoms with Crippen LogP contribution in [0.4, 0.5) is 0 Å². The molecule has 0 aliphatic heterocycles. The zero-order valence-electron chi connectivity index (χ0n) is 15.1. The normalized spacial score (nSPS) is 14.2. The second-order valence-corrected chi connectivity index (χ2v) is 6.72. The maximum atomic E-state index is 9.72. The Hall–Kier alpha value is -0.120. The van der Waals surface area contributed by atoms with Crippen LogP contribution in [-0.2, 0) is 4.74 Å². The Labute approximate surface area is 138 Å². The third kappa shape index (κ3) is 17.9. The van der Waals surface area contributed by atoms with Gasteiger partial charge in [-0.25, -0.2) is 0 Å². The maximum absolute atomic E-state index is 9.72. The van der Waals surface area contributed by atoms with Crippen molar-refractivity contribution in [2.45, 2.75) is 110 Å². The lowest BCUT2D eigenvalue weighted by Gasteiger charge is -2.12. The van der Waals surface area contributed by atoms with Gasteiger partial charge in [0.15, 0.2) is 0 Å². The average molecular weight is 317 g/mol. The number of ether oxygens (including phenoxy) is 1. The van der Waals surface area contributed by atoms with Crippen LogP contribution < -0.4 is 0 Å². The van der Waals surface area contributed by atoms with Crippen LogP contribution in [0.3, 0.4) is 0 Å². The Bertz CT molecular complexity index is 207. The molecule has 0 spiro atoms. The molecule has 0 radical (unpaired) electrons. The predicted octanol–water partition coefficient (Wildman–Crippen LogP) is 4.84. The third-order valence-electron chi connectivity index (χ3n) is 4.06. The van der Waals surface area contributed by atoms with Gasteiger partial charge in [-0.05, 0) is 13.3 Å². The molecule has 0 aromatic heterocycles. The van der Waals surface area contributed by atoms with E-state index in [2.05, 4.69) is 6.92 Å². The largest absolute Gasteiger partial charge is 0.391 e. The number of unbranched alkanes of at least 4 members (excludes halogenated alkanes) is 11. The Kier molecular flexibility index (Phi) is 17.1. The van der Waals surface area contributed by atoms with Gasteiger partial charge in [-0.3, -0.25) is 0 Å². The van der Waals surface area contributed by atoms with E-state index in [0.29, 0.717) is 13.2 Å². The Balaban J connectivity index is 3.10. The van der Waals surface area contributed by atoms with Gasteiger partial charge in [-0.2, -0.15) is 0 Å². The number of aliphatic hydroxyl groups excluding tert-OH is 2. The average Bonchev–Trinajstić information content (AvgIpc) is 2.48.